The summed E-state index contributed by atoms with van der Waals surface area (Å²) in [6, 6.07) is 7.86. The Morgan fingerprint density at radius 2 is 2.36 bits per heavy atom. The number of nitrogens with two attached hydrogens (primary N) is 1. The van der Waals surface area contributed by atoms with Crippen molar-refractivity contribution in [3.8, 4) is 5.75 Å². The Hall–Kier alpha value is -1.16. The topological polar surface area (TPSA) is 59.1 Å². The van der Waals surface area contributed by atoms with Gasteiger partial charge in [-0.25, -0.2) is 0 Å². The maximum atomic E-state index is 7.08. The zero-order chi connectivity index (χ0) is 10.4. The van der Waals surface area contributed by atoms with E-state index in [0.29, 0.717) is 6.42 Å². The summed E-state index contributed by atoms with van der Waals surface area (Å²) < 4.78 is 5.10. The third kappa shape index (κ3) is 3.70. The summed E-state index contributed by atoms with van der Waals surface area (Å²) in [5, 5.41) is 7.08. The van der Waals surface area contributed by atoms with Gasteiger partial charge in [-0.15, -0.1) is 11.8 Å². The first kappa shape index (κ1) is 10.9. The minimum atomic E-state index is 0.236. The number of hydrogen-bond acceptors (Lipinski definition) is 3. The Labute approximate surface area is 88.2 Å². The van der Waals surface area contributed by atoms with Gasteiger partial charge in [-0.1, -0.05) is 6.07 Å². The average molecular weight is 210 g/mol. The number of ether oxygens (including phenoxy) is 1. The van der Waals surface area contributed by atoms with Crippen LogP contribution >= 0.6 is 11.8 Å². The van der Waals surface area contributed by atoms with Crippen LogP contribution in [0.2, 0.25) is 0 Å². The quantitative estimate of drug-likeness (QED) is 0.444. The summed E-state index contributed by atoms with van der Waals surface area (Å²) in [6.45, 7) is 0. The van der Waals surface area contributed by atoms with Gasteiger partial charge in [0.2, 0.25) is 0 Å². The van der Waals surface area contributed by atoms with Gasteiger partial charge in [-0.2, -0.15) is 0 Å². The fraction of sp³-hybridized carbons (Fsp3) is 0.300. The van der Waals surface area contributed by atoms with E-state index in [-0.39, 0.29) is 5.84 Å². The Bertz CT molecular complexity index is 315. The van der Waals surface area contributed by atoms with Crippen molar-refractivity contribution in [1.29, 1.82) is 5.41 Å². The van der Waals surface area contributed by atoms with Crippen LogP contribution < -0.4 is 10.5 Å². The Morgan fingerprint density at radius 3 is 3.00 bits per heavy atom. The third-order valence-corrected chi connectivity index (χ3v) is 2.68. The molecule has 14 heavy (non-hydrogen) atoms. The number of amidine groups is 1. The van der Waals surface area contributed by atoms with Crippen molar-refractivity contribution < 1.29 is 4.74 Å². The van der Waals surface area contributed by atoms with Crippen molar-refractivity contribution in [3.05, 3.63) is 24.3 Å². The molecule has 76 valence electrons. The predicted octanol–water partition coefficient (Wildman–Crippen LogP) is 2.11. The number of nitrogens with one attached hydrogen (secondary N) is 1. The molecule has 3 nitrogen and oxygen atoms in total. The molecule has 0 aliphatic heterocycles. The molecule has 1 aromatic carbocycles. The van der Waals surface area contributed by atoms with E-state index in [0.717, 1.165) is 16.4 Å². The van der Waals surface area contributed by atoms with Gasteiger partial charge in [-0.05, 0) is 18.2 Å². The fourth-order valence-electron chi connectivity index (χ4n) is 0.970. The smallest absolute Gasteiger partial charge is 0.119 e. The van der Waals surface area contributed by atoms with E-state index >= 15 is 0 Å². The maximum Gasteiger partial charge on any atom is 0.119 e. The number of hydrogen-bond donors (Lipinski definition) is 2. The minimum Gasteiger partial charge on any atom is -0.497 e. The molecule has 0 radical (unpaired) electrons. The van der Waals surface area contributed by atoms with Gasteiger partial charge in [0.15, 0.2) is 0 Å². The van der Waals surface area contributed by atoms with Crippen molar-refractivity contribution in [3.63, 3.8) is 0 Å². The normalized spacial score (nSPS) is 9.79. The Morgan fingerprint density at radius 1 is 1.57 bits per heavy atom. The van der Waals surface area contributed by atoms with Crippen LogP contribution in [-0.4, -0.2) is 18.7 Å². The highest BCUT2D eigenvalue weighted by Gasteiger charge is 1.97. The van der Waals surface area contributed by atoms with Crippen LogP contribution in [0.4, 0.5) is 0 Å². The molecule has 3 N–H and O–H groups in total. The van der Waals surface area contributed by atoms with E-state index in [1.807, 2.05) is 24.3 Å². The molecule has 0 bridgehead atoms. The summed E-state index contributed by atoms with van der Waals surface area (Å²) in [5.41, 5.74) is 5.26. The van der Waals surface area contributed by atoms with E-state index < -0.39 is 0 Å². The molecule has 0 aromatic heterocycles. The van der Waals surface area contributed by atoms with Gasteiger partial charge in [0.1, 0.15) is 5.75 Å². The van der Waals surface area contributed by atoms with Gasteiger partial charge in [-0.3, -0.25) is 5.41 Å². The second-order valence-corrected chi connectivity index (χ2v) is 3.97. The van der Waals surface area contributed by atoms with Crippen LogP contribution in [-0.2, 0) is 0 Å². The highest BCUT2D eigenvalue weighted by Crippen LogP contribution is 2.22. The van der Waals surface area contributed by atoms with Gasteiger partial charge < -0.3 is 10.5 Å². The molecule has 1 aromatic rings. The molecule has 0 fully saturated rings. The zero-order valence-corrected chi connectivity index (χ0v) is 8.93. The van der Waals surface area contributed by atoms with Crippen molar-refractivity contribution in [2.75, 3.05) is 12.9 Å². The molecule has 1 rings (SSSR count). The molecule has 0 saturated heterocycles. The summed E-state index contributed by atoms with van der Waals surface area (Å²) in [4.78, 5) is 1.14. The lowest BCUT2D eigenvalue weighted by atomic mass is 10.3. The van der Waals surface area contributed by atoms with Crippen LogP contribution in [0.5, 0.6) is 5.75 Å². The van der Waals surface area contributed by atoms with Crippen LogP contribution in [0.15, 0.2) is 29.2 Å². The van der Waals surface area contributed by atoms with Crippen molar-refractivity contribution >= 4 is 17.6 Å². The Balaban J connectivity index is 2.46. The van der Waals surface area contributed by atoms with Crippen LogP contribution in [0.1, 0.15) is 6.42 Å². The minimum absolute atomic E-state index is 0.236. The lowest BCUT2D eigenvalue weighted by Crippen LogP contribution is -2.09. The molecular formula is C10H14N2OS. The largest absolute Gasteiger partial charge is 0.497 e. The molecule has 0 heterocycles. The van der Waals surface area contributed by atoms with E-state index in [4.69, 9.17) is 15.9 Å². The molecule has 0 unspecified atom stereocenters. The van der Waals surface area contributed by atoms with E-state index in [9.17, 15) is 0 Å². The zero-order valence-electron chi connectivity index (χ0n) is 8.12. The molecule has 0 aliphatic rings. The second kappa shape index (κ2) is 5.54. The molecule has 0 aliphatic carbocycles. The van der Waals surface area contributed by atoms with Crippen LogP contribution in [0, 0.1) is 5.41 Å². The summed E-state index contributed by atoms with van der Waals surface area (Å²) >= 11 is 1.68. The van der Waals surface area contributed by atoms with Crippen molar-refractivity contribution in [1.82, 2.24) is 0 Å². The van der Waals surface area contributed by atoms with Gasteiger partial charge in [0.05, 0.1) is 12.9 Å². The summed E-state index contributed by atoms with van der Waals surface area (Å²) in [5.74, 6) is 1.93. The van der Waals surface area contributed by atoms with E-state index in [1.54, 1.807) is 18.9 Å². The summed E-state index contributed by atoms with van der Waals surface area (Å²) in [6.07, 6.45) is 0.627. The SMILES string of the molecule is COc1cccc(SCCC(=N)N)c1. The lowest BCUT2D eigenvalue weighted by molar-refractivity contribution is 0.413. The van der Waals surface area contributed by atoms with Crippen LogP contribution in [0.25, 0.3) is 0 Å². The highest BCUT2D eigenvalue weighted by molar-refractivity contribution is 7.99. The predicted molar refractivity (Wildman–Crippen MR) is 60.2 cm³/mol. The van der Waals surface area contributed by atoms with Crippen molar-refractivity contribution in [2.45, 2.75) is 11.3 Å². The van der Waals surface area contributed by atoms with Gasteiger partial charge in [0.25, 0.3) is 0 Å². The average Bonchev–Trinajstić information content (AvgIpc) is 2.18. The molecular weight excluding hydrogens is 196 g/mol. The first-order chi connectivity index (χ1) is 6.72. The Kier molecular flexibility index (Phi) is 4.32. The maximum absolute atomic E-state index is 7.08. The van der Waals surface area contributed by atoms with Crippen molar-refractivity contribution in [2.24, 2.45) is 5.73 Å². The molecule has 4 heteroatoms. The third-order valence-electron chi connectivity index (χ3n) is 1.68. The molecule has 0 atom stereocenters. The lowest BCUT2D eigenvalue weighted by Gasteiger charge is -2.03. The monoisotopic (exact) mass is 210 g/mol. The molecule has 0 saturated carbocycles. The van der Waals surface area contributed by atoms with Crippen LogP contribution in [0.3, 0.4) is 0 Å². The standard InChI is InChI=1S/C10H14N2OS/c1-13-8-3-2-4-9(7-8)14-6-5-10(11)12/h2-4,7H,5-6H2,1H3,(H3,11,12). The van der Waals surface area contributed by atoms with Gasteiger partial charge in [0, 0.05) is 17.1 Å². The number of thioether (sulfide) groups is 1. The number of methoxy groups -OCH3 is 1. The van der Waals surface area contributed by atoms with E-state index in [2.05, 4.69) is 0 Å². The summed E-state index contributed by atoms with van der Waals surface area (Å²) in [7, 11) is 1.65. The first-order valence-corrected chi connectivity index (χ1v) is 5.30. The van der Waals surface area contributed by atoms with Gasteiger partial charge >= 0.3 is 0 Å². The highest BCUT2D eigenvalue weighted by atomic mass is 32.2. The number of benzene rings is 1. The molecule has 0 amide bonds. The van der Waals surface area contributed by atoms with E-state index in [1.165, 1.54) is 0 Å². The first-order valence-electron chi connectivity index (χ1n) is 4.32. The second-order valence-electron chi connectivity index (χ2n) is 2.80. The fourth-order valence-corrected chi connectivity index (χ4v) is 1.90. The molecule has 0 spiro atoms. The number of rotatable bonds is 5.